The summed E-state index contributed by atoms with van der Waals surface area (Å²) in [4.78, 5) is 35.7. The number of aromatic nitrogens is 2. The van der Waals surface area contributed by atoms with E-state index in [2.05, 4.69) is 10.6 Å². The Labute approximate surface area is 161 Å². The van der Waals surface area contributed by atoms with Gasteiger partial charge in [0.2, 0.25) is 5.95 Å². The fourth-order valence-electron chi connectivity index (χ4n) is 4.06. The standard InChI is InChI=1S/C21H19N5O2/c27-18-21(25-20(28)24-18)11-6-12-26(13-21)19-22-16-10-5-4-9-15(16)17(23-19)14-7-2-1-3-8-14/h1-5,7-10H,6,11-13H2,(H2,24,25,27,28). The zero-order chi connectivity index (χ0) is 19.1. The van der Waals surface area contributed by atoms with Crippen molar-refractivity contribution in [2.45, 2.75) is 18.4 Å². The lowest BCUT2D eigenvalue weighted by Crippen LogP contribution is -2.59. The number of nitrogens with one attached hydrogen (secondary N) is 2. The second-order valence-corrected chi connectivity index (χ2v) is 7.27. The topological polar surface area (TPSA) is 87.2 Å². The van der Waals surface area contributed by atoms with Crippen molar-refractivity contribution in [1.29, 1.82) is 0 Å². The Hall–Kier alpha value is -3.48. The molecule has 3 aromatic rings. The van der Waals surface area contributed by atoms with Crippen LogP contribution in [0, 0.1) is 0 Å². The quantitative estimate of drug-likeness (QED) is 0.674. The average Bonchev–Trinajstić information content (AvgIpc) is 3.00. The van der Waals surface area contributed by atoms with Gasteiger partial charge in [0.25, 0.3) is 5.91 Å². The molecular formula is C21H19N5O2. The van der Waals surface area contributed by atoms with Gasteiger partial charge in [-0.25, -0.2) is 14.8 Å². The molecule has 1 aromatic heterocycles. The molecule has 2 N–H and O–H groups in total. The van der Waals surface area contributed by atoms with Gasteiger partial charge in [-0.2, -0.15) is 0 Å². The van der Waals surface area contributed by atoms with Crippen molar-refractivity contribution in [1.82, 2.24) is 20.6 Å². The molecule has 140 valence electrons. The molecule has 2 aliphatic rings. The Morgan fingerprint density at radius 1 is 0.964 bits per heavy atom. The minimum absolute atomic E-state index is 0.272. The summed E-state index contributed by atoms with van der Waals surface area (Å²) in [6.45, 7) is 1.09. The van der Waals surface area contributed by atoms with Gasteiger partial charge in [-0.15, -0.1) is 0 Å². The lowest BCUT2D eigenvalue weighted by molar-refractivity contribution is -0.124. The number of carbonyl (C=O) groups excluding carboxylic acids is 2. The number of hydrogen-bond donors (Lipinski definition) is 2. The first-order valence-electron chi connectivity index (χ1n) is 9.35. The van der Waals surface area contributed by atoms with Crippen molar-refractivity contribution in [3.63, 3.8) is 0 Å². The van der Waals surface area contributed by atoms with E-state index in [1.54, 1.807) is 0 Å². The van der Waals surface area contributed by atoms with Gasteiger partial charge < -0.3 is 10.2 Å². The maximum absolute atomic E-state index is 12.4. The summed E-state index contributed by atoms with van der Waals surface area (Å²) >= 11 is 0. The molecule has 2 saturated heterocycles. The van der Waals surface area contributed by atoms with Crippen molar-refractivity contribution >= 4 is 28.8 Å². The molecular weight excluding hydrogens is 354 g/mol. The summed E-state index contributed by atoms with van der Waals surface area (Å²) in [5, 5.41) is 6.15. The minimum Gasteiger partial charge on any atom is -0.338 e. The fraction of sp³-hybridized carbons (Fsp3) is 0.238. The number of hydrogen-bond acceptors (Lipinski definition) is 5. The predicted octanol–water partition coefficient (Wildman–Crippen LogP) is 2.48. The number of urea groups is 1. The maximum atomic E-state index is 12.4. The number of anilines is 1. The Morgan fingerprint density at radius 2 is 1.75 bits per heavy atom. The first-order chi connectivity index (χ1) is 13.6. The van der Waals surface area contributed by atoms with Crippen molar-refractivity contribution in [2.24, 2.45) is 0 Å². The SMILES string of the molecule is O=C1NC(=O)C2(CCCN(c3nc(-c4ccccc4)c4ccccc4n3)C2)N1. The molecule has 1 atom stereocenters. The van der Waals surface area contributed by atoms with Crippen LogP contribution in [0.2, 0.25) is 0 Å². The molecule has 2 aliphatic heterocycles. The molecule has 0 radical (unpaired) electrons. The number of rotatable bonds is 2. The normalized spacial score (nSPS) is 21.8. The molecule has 0 bridgehead atoms. The van der Waals surface area contributed by atoms with E-state index in [0.717, 1.165) is 35.1 Å². The second-order valence-electron chi connectivity index (χ2n) is 7.27. The number of benzene rings is 2. The van der Waals surface area contributed by atoms with E-state index in [0.29, 0.717) is 18.9 Å². The Bertz CT molecular complexity index is 1080. The van der Waals surface area contributed by atoms with Gasteiger partial charge in [-0.3, -0.25) is 10.1 Å². The number of para-hydroxylation sites is 1. The van der Waals surface area contributed by atoms with Gasteiger partial charge in [0.05, 0.1) is 17.8 Å². The molecule has 3 amide bonds. The molecule has 1 spiro atoms. The number of nitrogens with zero attached hydrogens (tertiary/aromatic N) is 3. The van der Waals surface area contributed by atoms with E-state index in [9.17, 15) is 9.59 Å². The van der Waals surface area contributed by atoms with Gasteiger partial charge in [0, 0.05) is 17.5 Å². The van der Waals surface area contributed by atoms with E-state index in [-0.39, 0.29) is 5.91 Å². The van der Waals surface area contributed by atoms with Crippen LogP contribution in [0.1, 0.15) is 12.8 Å². The number of imide groups is 1. The zero-order valence-corrected chi connectivity index (χ0v) is 15.2. The largest absolute Gasteiger partial charge is 0.338 e. The number of carbonyl (C=O) groups is 2. The predicted molar refractivity (Wildman–Crippen MR) is 106 cm³/mol. The van der Waals surface area contributed by atoms with E-state index in [1.807, 2.05) is 59.5 Å². The number of piperidine rings is 1. The van der Waals surface area contributed by atoms with Crippen LogP contribution in [-0.2, 0) is 4.79 Å². The van der Waals surface area contributed by atoms with Crippen LogP contribution in [0.5, 0.6) is 0 Å². The first-order valence-corrected chi connectivity index (χ1v) is 9.35. The summed E-state index contributed by atoms with van der Waals surface area (Å²) in [6, 6.07) is 17.5. The summed E-state index contributed by atoms with van der Waals surface area (Å²) < 4.78 is 0. The highest BCUT2D eigenvalue weighted by Crippen LogP contribution is 2.31. The van der Waals surface area contributed by atoms with Crippen LogP contribution in [-0.4, -0.2) is 40.5 Å². The smallest absolute Gasteiger partial charge is 0.322 e. The van der Waals surface area contributed by atoms with E-state index < -0.39 is 11.6 Å². The Kier molecular flexibility index (Phi) is 3.75. The third-order valence-electron chi connectivity index (χ3n) is 5.43. The highest BCUT2D eigenvalue weighted by Gasteiger charge is 2.49. The number of amides is 3. The van der Waals surface area contributed by atoms with E-state index >= 15 is 0 Å². The Balaban J connectivity index is 1.60. The summed E-state index contributed by atoms with van der Waals surface area (Å²) in [6.07, 6.45) is 1.38. The maximum Gasteiger partial charge on any atom is 0.322 e. The molecule has 5 rings (SSSR count). The fourth-order valence-corrected chi connectivity index (χ4v) is 4.06. The van der Waals surface area contributed by atoms with Gasteiger partial charge in [-0.05, 0) is 18.9 Å². The molecule has 3 heterocycles. The average molecular weight is 373 g/mol. The summed E-state index contributed by atoms with van der Waals surface area (Å²) in [5.41, 5.74) is 1.82. The van der Waals surface area contributed by atoms with E-state index in [1.165, 1.54) is 0 Å². The number of fused-ring (bicyclic) bond motifs is 1. The van der Waals surface area contributed by atoms with Crippen LogP contribution in [0.3, 0.4) is 0 Å². The molecule has 1 unspecified atom stereocenters. The second kappa shape index (κ2) is 6.30. The Morgan fingerprint density at radius 3 is 2.54 bits per heavy atom. The van der Waals surface area contributed by atoms with Crippen molar-refractivity contribution in [3.05, 3.63) is 54.6 Å². The van der Waals surface area contributed by atoms with Crippen molar-refractivity contribution in [2.75, 3.05) is 18.0 Å². The third kappa shape index (κ3) is 2.67. The molecule has 0 saturated carbocycles. The molecule has 2 fully saturated rings. The molecule has 7 heteroatoms. The van der Waals surface area contributed by atoms with Gasteiger partial charge in [0.1, 0.15) is 5.54 Å². The zero-order valence-electron chi connectivity index (χ0n) is 15.2. The lowest BCUT2D eigenvalue weighted by Gasteiger charge is -2.38. The highest BCUT2D eigenvalue weighted by molar-refractivity contribution is 6.07. The van der Waals surface area contributed by atoms with Crippen LogP contribution < -0.4 is 15.5 Å². The van der Waals surface area contributed by atoms with Crippen LogP contribution >= 0.6 is 0 Å². The third-order valence-corrected chi connectivity index (χ3v) is 5.43. The van der Waals surface area contributed by atoms with Gasteiger partial charge in [0.15, 0.2) is 0 Å². The van der Waals surface area contributed by atoms with Crippen LogP contribution in [0.4, 0.5) is 10.7 Å². The van der Waals surface area contributed by atoms with Gasteiger partial charge in [-0.1, -0.05) is 48.5 Å². The molecule has 2 aromatic carbocycles. The van der Waals surface area contributed by atoms with Gasteiger partial charge >= 0.3 is 6.03 Å². The molecule has 0 aliphatic carbocycles. The summed E-state index contributed by atoms with van der Waals surface area (Å²) in [7, 11) is 0. The van der Waals surface area contributed by atoms with Crippen molar-refractivity contribution < 1.29 is 9.59 Å². The monoisotopic (exact) mass is 373 g/mol. The van der Waals surface area contributed by atoms with Crippen molar-refractivity contribution in [3.8, 4) is 11.3 Å². The summed E-state index contributed by atoms with van der Waals surface area (Å²) in [5.74, 6) is 0.303. The van der Waals surface area contributed by atoms with E-state index in [4.69, 9.17) is 9.97 Å². The molecule has 7 nitrogen and oxygen atoms in total. The lowest BCUT2D eigenvalue weighted by atomic mass is 9.89. The minimum atomic E-state index is -0.906. The highest BCUT2D eigenvalue weighted by atomic mass is 16.2. The molecule has 28 heavy (non-hydrogen) atoms. The van der Waals surface area contributed by atoms with Crippen LogP contribution in [0.25, 0.3) is 22.2 Å². The van der Waals surface area contributed by atoms with Crippen LogP contribution in [0.15, 0.2) is 54.6 Å². The first kappa shape index (κ1) is 16.7.